The molecule has 0 saturated heterocycles. The molecule has 5 nitrogen and oxygen atoms in total. The maximum absolute atomic E-state index is 12.7. The van der Waals surface area contributed by atoms with Crippen LogP contribution in [0, 0.1) is 0 Å². The first-order chi connectivity index (χ1) is 8.00. The standard InChI is InChI=1S/C8H6F3NO4S2/c1-12-17(13,14)6-4-2-3-5(8(9,10)11)7(6)18(12,15)16/h2-4H,1H3. The van der Waals surface area contributed by atoms with Crippen molar-refractivity contribution >= 4 is 20.0 Å². The van der Waals surface area contributed by atoms with Gasteiger partial charge in [-0.2, -0.15) is 13.2 Å². The number of benzene rings is 1. The fourth-order valence-electron chi connectivity index (χ4n) is 1.60. The van der Waals surface area contributed by atoms with E-state index in [0.29, 0.717) is 13.1 Å². The summed E-state index contributed by atoms with van der Waals surface area (Å²) in [7, 11) is -8.41. The zero-order valence-electron chi connectivity index (χ0n) is 8.76. The normalized spacial score (nSPS) is 21.8. The van der Waals surface area contributed by atoms with Crippen LogP contribution in [-0.4, -0.2) is 27.6 Å². The Morgan fingerprint density at radius 2 is 1.61 bits per heavy atom. The third-order valence-corrected chi connectivity index (χ3v) is 7.01. The Kier molecular flexibility index (Phi) is 2.55. The Morgan fingerprint density at radius 3 is 2.11 bits per heavy atom. The second kappa shape index (κ2) is 3.45. The number of hydrogen-bond donors (Lipinski definition) is 0. The zero-order valence-corrected chi connectivity index (χ0v) is 10.4. The van der Waals surface area contributed by atoms with E-state index >= 15 is 0 Å². The molecule has 2 rings (SSSR count). The molecular formula is C8H6F3NO4S2. The van der Waals surface area contributed by atoms with E-state index in [-0.39, 0.29) is 3.71 Å². The van der Waals surface area contributed by atoms with Crippen LogP contribution >= 0.6 is 0 Å². The van der Waals surface area contributed by atoms with Crippen molar-refractivity contribution in [2.45, 2.75) is 16.0 Å². The highest BCUT2D eigenvalue weighted by Crippen LogP contribution is 2.43. The van der Waals surface area contributed by atoms with E-state index in [9.17, 15) is 30.0 Å². The lowest BCUT2D eigenvalue weighted by Crippen LogP contribution is -2.26. The zero-order chi connectivity index (χ0) is 13.9. The molecule has 0 fully saturated rings. The summed E-state index contributed by atoms with van der Waals surface area (Å²) in [5.74, 6) is 0. The van der Waals surface area contributed by atoms with Crippen LogP contribution in [0.2, 0.25) is 0 Å². The van der Waals surface area contributed by atoms with Crippen molar-refractivity contribution < 1.29 is 30.0 Å². The number of halogens is 3. The molecule has 1 aromatic carbocycles. The summed E-state index contributed by atoms with van der Waals surface area (Å²) in [6.45, 7) is 0. The van der Waals surface area contributed by atoms with Gasteiger partial charge in [-0.05, 0) is 12.1 Å². The summed E-state index contributed by atoms with van der Waals surface area (Å²) >= 11 is 0. The van der Waals surface area contributed by atoms with Gasteiger partial charge in [-0.25, -0.2) is 16.8 Å². The van der Waals surface area contributed by atoms with Gasteiger partial charge in [0.1, 0.15) is 9.79 Å². The van der Waals surface area contributed by atoms with E-state index in [1.807, 2.05) is 0 Å². The quantitative estimate of drug-likeness (QED) is 0.717. The summed E-state index contributed by atoms with van der Waals surface area (Å²) in [4.78, 5) is -2.06. The molecule has 0 aromatic heterocycles. The van der Waals surface area contributed by atoms with Gasteiger partial charge in [0.25, 0.3) is 20.0 Å². The highest BCUT2D eigenvalue weighted by molar-refractivity contribution is 8.06. The maximum Gasteiger partial charge on any atom is 0.417 e. The number of hydrogen-bond acceptors (Lipinski definition) is 4. The molecule has 0 radical (unpaired) electrons. The molecule has 10 heteroatoms. The molecule has 1 aliphatic rings. The summed E-state index contributed by atoms with van der Waals surface area (Å²) < 4.78 is 84.8. The average molecular weight is 301 g/mol. The van der Waals surface area contributed by atoms with E-state index in [1.54, 1.807) is 0 Å². The average Bonchev–Trinajstić information content (AvgIpc) is 2.37. The van der Waals surface area contributed by atoms with E-state index < -0.39 is 41.6 Å². The summed E-state index contributed by atoms with van der Waals surface area (Å²) in [6.07, 6.45) is -4.95. The Morgan fingerprint density at radius 1 is 1.06 bits per heavy atom. The molecule has 1 aromatic rings. The first kappa shape index (κ1) is 13.3. The molecule has 1 aliphatic heterocycles. The summed E-state index contributed by atoms with van der Waals surface area (Å²) in [5, 5.41) is 0. The van der Waals surface area contributed by atoms with Crippen LogP contribution in [0.1, 0.15) is 5.56 Å². The summed E-state index contributed by atoms with van der Waals surface area (Å²) in [5.41, 5.74) is -1.48. The molecular weight excluding hydrogens is 295 g/mol. The Hall–Kier alpha value is -1.13. The van der Waals surface area contributed by atoms with Gasteiger partial charge in [0.2, 0.25) is 0 Å². The van der Waals surface area contributed by atoms with Crippen LogP contribution in [0.25, 0.3) is 0 Å². The van der Waals surface area contributed by atoms with Crippen molar-refractivity contribution in [3.05, 3.63) is 23.8 Å². The lowest BCUT2D eigenvalue weighted by atomic mass is 10.2. The molecule has 0 aliphatic carbocycles. The number of alkyl halides is 3. The minimum Gasteiger partial charge on any atom is -0.206 e. The molecule has 100 valence electrons. The van der Waals surface area contributed by atoms with Gasteiger partial charge >= 0.3 is 6.18 Å². The number of rotatable bonds is 0. The van der Waals surface area contributed by atoms with Gasteiger partial charge in [-0.15, -0.1) is 0 Å². The monoisotopic (exact) mass is 301 g/mol. The van der Waals surface area contributed by atoms with Gasteiger partial charge in [0.15, 0.2) is 0 Å². The van der Waals surface area contributed by atoms with Crippen molar-refractivity contribution in [1.82, 2.24) is 3.71 Å². The first-order valence-corrected chi connectivity index (χ1v) is 7.33. The van der Waals surface area contributed by atoms with Gasteiger partial charge < -0.3 is 0 Å². The van der Waals surface area contributed by atoms with Crippen LogP contribution in [0.3, 0.4) is 0 Å². The molecule has 1 heterocycles. The Labute approximate surface area is 101 Å². The highest BCUT2D eigenvalue weighted by atomic mass is 32.3. The maximum atomic E-state index is 12.7. The second-order valence-electron chi connectivity index (χ2n) is 3.52. The van der Waals surface area contributed by atoms with Crippen LogP contribution < -0.4 is 0 Å². The predicted molar refractivity (Wildman–Crippen MR) is 53.6 cm³/mol. The van der Waals surface area contributed by atoms with Crippen LogP contribution in [0.15, 0.2) is 28.0 Å². The molecule has 0 bridgehead atoms. The lowest BCUT2D eigenvalue weighted by molar-refractivity contribution is -0.140. The molecule has 18 heavy (non-hydrogen) atoms. The van der Waals surface area contributed by atoms with Crippen molar-refractivity contribution in [3.63, 3.8) is 0 Å². The Bertz CT molecular complexity index is 721. The van der Waals surface area contributed by atoms with E-state index in [1.165, 1.54) is 0 Å². The lowest BCUT2D eigenvalue weighted by Gasteiger charge is -2.10. The van der Waals surface area contributed by atoms with Crippen LogP contribution in [0.5, 0.6) is 0 Å². The van der Waals surface area contributed by atoms with Gasteiger partial charge in [0, 0.05) is 7.05 Å². The fourth-order valence-corrected chi connectivity index (χ4v) is 5.65. The second-order valence-corrected chi connectivity index (χ2v) is 7.60. The predicted octanol–water partition coefficient (Wildman–Crippen LogP) is 1.03. The number of nitrogens with zero attached hydrogens (tertiary/aromatic N) is 1. The minimum atomic E-state index is -4.95. The van der Waals surface area contributed by atoms with E-state index in [2.05, 4.69) is 0 Å². The fraction of sp³-hybridized carbons (Fsp3) is 0.250. The van der Waals surface area contributed by atoms with Gasteiger partial charge in [0.05, 0.1) is 5.56 Å². The van der Waals surface area contributed by atoms with Gasteiger partial charge in [-0.3, -0.25) is 0 Å². The molecule has 0 spiro atoms. The smallest absolute Gasteiger partial charge is 0.206 e. The van der Waals surface area contributed by atoms with Crippen molar-refractivity contribution in [3.8, 4) is 0 Å². The highest BCUT2D eigenvalue weighted by Gasteiger charge is 2.50. The number of fused-ring (bicyclic) bond motifs is 1. The molecule has 0 N–H and O–H groups in total. The molecule has 0 atom stereocenters. The Balaban J connectivity index is 2.99. The van der Waals surface area contributed by atoms with E-state index in [0.717, 1.165) is 12.1 Å². The molecule has 0 saturated carbocycles. The van der Waals surface area contributed by atoms with E-state index in [4.69, 9.17) is 0 Å². The van der Waals surface area contributed by atoms with Crippen LogP contribution in [0.4, 0.5) is 13.2 Å². The third kappa shape index (κ3) is 1.56. The van der Waals surface area contributed by atoms with Crippen molar-refractivity contribution in [2.75, 3.05) is 7.05 Å². The van der Waals surface area contributed by atoms with Crippen LogP contribution in [-0.2, 0) is 26.2 Å². The third-order valence-electron chi connectivity index (χ3n) is 2.50. The number of sulfonamides is 2. The van der Waals surface area contributed by atoms with Crippen molar-refractivity contribution in [2.24, 2.45) is 0 Å². The molecule has 0 unspecified atom stereocenters. The SMILES string of the molecule is CN1S(=O)(=O)c2cccc(C(F)(F)F)c2S1(=O)=O. The topological polar surface area (TPSA) is 71.5 Å². The van der Waals surface area contributed by atoms with Gasteiger partial charge in [-0.1, -0.05) is 9.78 Å². The first-order valence-electron chi connectivity index (χ1n) is 4.45. The minimum absolute atomic E-state index is 0.0556. The molecule has 0 amide bonds. The largest absolute Gasteiger partial charge is 0.417 e. The van der Waals surface area contributed by atoms with Crippen molar-refractivity contribution in [1.29, 1.82) is 0 Å². The summed E-state index contributed by atoms with van der Waals surface area (Å²) in [6, 6.07) is 2.22.